The minimum Gasteiger partial charge on any atom is -0.295 e. The van der Waals surface area contributed by atoms with E-state index in [2.05, 4.69) is 10.1 Å². The summed E-state index contributed by atoms with van der Waals surface area (Å²) in [5.41, 5.74) is 0.982. The number of H-pyrrole nitrogens is 1. The van der Waals surface area contributed by atoms with Gasteiger partial charge in [0, 0.05) is 29.1 Å². The summed E-state index contributed by atoms with van der Waals surface area (Å²) in [6.45, 7) is 1.71. The van der Waals surface area contributed by atoms with Gasteiger partial charge in [-0.2, -0.15) is 0 Å². The van der Waals surface area contributed by atoms with Crippen molar-refractivity contribution in [3.05, 3.63) is 83.2 Å². The predicted octanol–water partition coefficient (Wildman–Crippen LogP) is 5.09. The van der Waals surface area contributed by atoms with Gasteiger partial charge in [-0.1, -0.05) is 40.9 Å². The van der Waals surface area contributed by atoms with E-state index in [0.717, 1.165) is 12.1 Å². The summed E-state index contributed by atoms with van der Waals surface area (Å²) in [4.78, 5) is 27.1. The maximum atomic E-state index is 12.7. The van der Waals surface area contributed by atoms with Gasteiger partial charge in [0.1, 0.15) is 5.69 Å². The highest BCUT2D eigenvalue weighted by Gasteiger charge is 2.15. The number of hydrogen-bond acceptors (Lipinski definition) is 4. The van der Waals surface area contributed by atoms with Crippen molar-refractivity contribution >= 4 is 52.4 Å². The third kappa shape index (κ3) is 3.90. The predicted molar refractivity (Wildman–Crippen MR) is 107 cm³/mol. The van der Waals surface area contributed by atoms with Crippen molar-refractivity contribution in [1.82, 2.24) is 9.78 Å². The molecule has 3 aromatic rings. The molecule has 0 saturated carbocycles. The van der Waals surface area contributed by atoms with Crippen LogP contribution in [-0.2, 0) is 0 Å². The van der Waals surface area contributed by atoms with E-state index in [0.29, 0.717) is 22.0 Å². The number of hydrogen-bond donors (Lipinski definition) is 1. The summed E-state index contributed by atoms with van der Waals surface area (Å²) in [5.74, 6) is 0. The van der Waals surface area contributed by atoms with Gasteiger partial charge in [-0.15, -0.1) is 0 Å². The number of halogens is 3. The third-order valence-electron chi connectivity index (χ3n) is 3.72. The van der Waals surface area contributed by atoms with Crippen molar-refractivity contribution in [2.24, 2.45) is 4.99 Å². The fraction of sp³-hybridized carbons (Fsp3) is 0.0588. The van der Waals surface area contributed by atoms with E-state index < -0.39 is 4.92 Å². The second-order valence-corrected chi connectivity index (χ2v) is 6.80. The van der Waals surface area contributed by atoms with Crippen molar-refractivity contribution in [2.75, 3.05) is 0 Å². The van der Waals surface area contributed by atoms with Gasteiger partial charge >= 0.3 is 0 Å². The van der Waals surface area contributed by atoms with Crippen molar-refractivity contribution in [3.8, 4) is 5.69 Å². The zero-order valence-corrected chi connectivity index (χ0v) is 16.0. The van der Waals surface area contributed by atoms with Gasteiger partial charge in [-0.3, -0.25) is 25.0 Å². The molecule has 0 fully saturated rings. The highest BCUT2D eigenvalue weighted by atomic mass is 35.5. The van der Waals surface area contributed by atoms with Crippen LogP contribution in [0.3, 0.4) is 0 Å². The number of nitro benzene ring substituents is 1. The molecule has 0 bridgehead atoms. The number of non-ortho nitro benzene ring substituents is 1. The number of rotatable bonds is 4. The first-order valence-electron chi connectivity index (χ1n) is 7.53. The topological polar surface area (TPSA) is 93.3 Å². The average Bonchev–Trinajstić information content (AvgIpc) is 2.88. The van der Waals surface area contributed by atoms with Crippen LogP contribution in [0.25, 0.3) is 5.69 Å². The van der Waals surface area contributed by atoms with Gasteiger partial charge in [0.25, 0.3) is 11.2 Å². The highest BCUT2D eigenvalue weighted by molar-refractivity contribution is 6.39. The van der Waals surface area contributed by atoms with E-state index in [4.69, 9.17) is 34.8 Å². The summed E-state index contributed by atoms with van der Waals surface area (Å²) in [7, 11) is 0. The molecular weight excluding hydrogens is 415 g/mol. The van der Waals surface area contributed by atoms with Gasteiger partial charge in [-0.05, 0) is 25.1 Å². The molecule has 0 aliphatic heterocycles. The maximum Gasteiger partial charge on any atom is 0.280 e. The first kappa shape index (κ1) is 19.2. The molecule has 10 heteroatoms. The number of aromatic amines is 1. The lowest BCUT2D eigenvalue weighted by Crippen LogP contribution is -2.17. The van der Waals surface area contributed by atoms with Gasteiger partial charge in [0.05, 0.1) is 26.2 Å². The number of aliphatic imine (C=N–C) groups is 1. The van der Waals surface area contributed by atoms with Crippen LogP contribution in [0.15, 0.2) is 46.2 Å². The van der Waals surface area contributed by atoms with Crippen LogP contribution in [0.1, 0.15) is 11.3 Å². The second-order valence-electron chi connectivity index (χ2n) is 5.54. The van der Waals surface area contributed by atoms with E-state index in [9.17, 15) is 14.9 Å². The molecule has 0 amide bonds. The summed E-state index contributed by atoms with van der Waals surface area (Å²) in [6, 6.07) is 9.10. The Morgan fingerprint density at radius 1 is 1.19 bits per heavy atom. The number of nitrogens with zero attached hydrogens (tertiary/aromatic N) is 3. The number of aromatic nitrogens is 2. The largest absolute Gasteiger partial charge is 0.295 e. The average molecular weight is 426 g/mol. The molecule has 0 radical (unpaired) electrons. The smallest absolute Gasteiger partial charge is 0.280 e. The molecule has 0 spiro atoms. The minimum atomic E-state index is -0.606. The molecule has 0 unspecified atom stereocenters. The Balaban J connectivity index is 2.02. The van der Waals surface area contributed by atoms with Crippen LogP contribution < -0.4 is 5.56 Å². The first-order chi connectivity index (χ1) is 12.8. The maximum absolute atomic E-state index is 12.7. The Labute approximate surface area is 168 Å². The van der Waals surface area contributed by atoms with Crippen LogP contribution in [-0.4, -0.2) is 20.9 Å². The zero-order chi connectivity index (χ0) is 19.7. The lowest BCUT2D eigenvalue weighted by atomic mass is 10.2. The molecule has 27 heavy (non-hydrogen) atoms. The molecule has 1 heterocycles. The van der Waals surface area contributed by atoms with Gasteiger partial charge < -0.3 is 0 Å². The van der Waals surface area contributed by atoms with E-state index in [1.165, 1.54) is 10.9 Å². The molecule has 1 aromatic heterocycles. The van der Waals surface area contributed by atoms with Crippen molar-refractivity contribution in [3.63, 3.8) is 0 Å². The Morgan fingerprint density at radius 3 is 2.44 bits per heavy atom. The Hall–Kier alpha value is -2.61. The fourth-order valence-corrected chi connectivity index (χ4v) is 3.18. The lowest BCUT2D eigenvalue weighted by Gasteiger charge is -2.01. The molecule has 3 rings (SSSR count). The van der Waals surface area contributed by atoms with E-state index in [1.807, 2.05) is 0 Å². The van der Waals surface area contributed by atoms with Crippen LogP contribution in [0.4, 0.5) is 11.4 Å². The lowest BCUT2D eigenvalue weighted by molar-refractivity contribution is -0.384. The normalized spacial score (nSPS) is 11.3. The number of nitrogens with one attached hydrogen (secondary N) is 1. The van der Waals surface area contributed by atoms with Crippen LogP contribution in [0.5, 0.6) is 0 Å². The molecule has 7 nitrogen and oxygen atoms in total. The summed E-state index contributed by atoms with van der Waals surface area (Å²) in [6.07, 6.45) is 1.31. The fourth-order valence-electron chi connectivity index (χ4n) is 2.42. The molecule has 138 valence electrons. The molecule has 0 aliphatic rings. The van der Waals surface area contributed by atoms with Gasteiger partial charge in [0.2, 0.25) is 0 Å². The number of aryl methyl sites for hydroxylation is 1. The monoisotopic (exact) mass is 424 g/mol. The van der Waals surface area contributed by atoms with Crippen molar-refractivity contribution < 1.29 is 4.92 Å². The molecular formula is C17H11Cl3N4O3. The summed E-state index contributed by atoms with van der Waals surface area (Å²) < 4.78 is 1.33. The first-order valence-corrected chi connectivity index (χ1v) is 8.66. The SMILES string of the molecule is Cc1[nH]n(-c2cccc(Cl)c2)c(=O)c1C=Nc1c(Cl)cc([N+](=O)[O-])cc1Cl. The Morgan fingerprint density at radius 2 is 1.85 bits per heavy atom. The van der Waals surface area contributed by atoms with Crippen LogP contribution in [0.2, 0.25) is 15.1 Å². The third-order valence-corrected chi connectivity index (χ3v) is 4.53. The zero-order valence-electron chi connectivity index (χ0n) is 13.7. The molecule has 0 atom stereocenters. The molecule has 0 saturated heterocycles. The highest BCUT2D eigenvalue weighted by Crippen LogP contribution is 2.36. The van der Waals surface area contributed by atoms with Crippen molar-refractivity contribution in [2.45, 2.75) is 6.92 Å². The van der Waals surface area contributed by atoms with Crippen LogP contribution >= 0.6 is 34.8 Å². The summed E-state index contributed by atoms with van der Waals surface area (Å²) in [5, 5.41) is 14.3. The van der Waals surface area contributed by atoms with Crippen LogP contribution in [0, 0.1) is 17.0 Å². The Bertz CT molecular complexity index is 1110. The van der Waals surface area contributed by atoms with Crippen molar-refractivity contribution in [1.29, 1.82) is 0 Å². The standard InChI is InChI=1S/C17H11Cl3N4O3/c1-9-13(17(25)23(22-9)11-4-2-3-10(18)5-11)8-21-16-14(19)6-12(24(26)27)7-15(16)20/h2-8,22H,1H3. The van der Waals surface area contributed by atoms with Gasteiger partial charge in [-0.25, -0.2) is 4.68 Å². The van der Waals surface area contributed by atoms with Gasteiger partial charge in [0.15, 0.2) is 0 Å². The molecule has 0 aliphatic carbocycles. The minimum absolute atomic E-state index is 0.00815. The molecule has 1 N–H and O–H groups in total. The quantitative estimate of drug-likeness (QED) is 0.358. The molecule has 2 aromatic carbocycles. The Kier molecular flexibility index (Phi) is 5.36. The van der Waals surface area contributed by atoms with E-state index in [1.54, 1.807) is 31.2 Å². The van der Waals surface area contributed by atoms with E-state index >= 15 is 0 Å². The second kappa shape index (κ2) is 7.56. The van der Waals surface area contributed by atoms with E-state index in [-0.39, 0.29) is 27.0 Å². The number of nitro groups is 1. The summed E-state index contributed by atoms with van der Waals surface area (Å²) >= 11 is 18.0. The number of benzene rings is 2.